The first-order chi connectivity index (χ1) is 13.0. The summed E-state index contributed by atoms with van der Waals surface area (Å²) in [5.41, 5.74) is 1.03. The molecule has 1 atom stereocenters. The highest BCUT2D eigenvalue weighted by atomic mass is 16.6. The Morgan fingerprint density at radius 3 is 2.70 bits per heavy atom. The van der Waals surface area contributed by atoms with E-state index in [4.69, 9.17) is 4.74 Å². The van der Waals surface area contributed by atoms with Crippen LogP contribution in [0.1, 0.15) is 17.3 Å². The van der Waals surface area contributed by atoms with Crippen molar-refractivity contribution < 1.29 is 19.2 Å². The van der Waals surface area contributed by atoms with Gasteiger partial charge in [-0.2, -0.15) is 0 Å². The number of nitro benzene ring substituents is 1. The molecule has 3 aromatic rings. The highest BCUT2D eigenvalue weighted by Crippen LogP contribution is 2.22. The van der Waals surface area contributed by atoms with Gasteiger partial charge < -0.3 is 10.1 Å². The van der Waals surface area contributed by atoms with Gasteiger partial charge in [0.25, 0.3) is 11.6 Å². The zero-order valence-electron chi connectivity index (χ0n) is 14.3. The average Bonchev–Trinajstić information content (AvgIpc) is 2.68. The number of fused-ring (bicyclic) bond motifs is 1. The SMILES string of the molecule is CC(OC(=O)c1cccc([N+](=O)[O-])c1)C(=O)Nc1cccc2ncccc12. The van der Waals surface area contributed by atoms with Crippen molar-refractivity contribution in [2.45, 2.75) is 13.0 Å². The average molecular weight is 365 g/mol. The third kappa shape index (κ3) is 4.06. The van der Waals surface area contributed by atoms with E-state index in [1.165, 1.54) is 25.1 Å². The number of carbonyl (C=O) groups is 2. The van der Waals surface area contributed by atoms with Crippen LogP contribution in [-0.2, 0) is 9.53 Å². The topological polar surface area (TPSA) is 111 Å². The number of nitrogens with zero attached hydrogens (tertiary/aromatic N) is 2. The van der Waals surface area contributed by atoms with Gasteiger partial charge in [0.2, 0.25) is 0 Å². The number of anilines is 1. The number of ether oxygens (including phenoxy) is 1. The summed E-state index contributed by atoms with van der Waals surface area (Å²) in [4.78, 5) is 38.9. The van der Waals surface area contributed by atoms with E-state index in [0.29, 0.717) is 5.69 Å². The van der Waals surface area contributed by atoms with Gasteiger partial charge in [0.05, 0.1) is 21.7 Å². The van der Waals surface area contributed by atoms with Crippen molar-refractivity contribution >= 4 is 34.2 Å². The Balaban J connectivity index is 1.71. The van der Waals surface area contributed by atoms with Crippen LogP contribution in [0.5, 0.6) is 0 Å². The van der Waals surface area contributed by atoms with E-state index in [9.17, 15) is 19.7 Å². The Hall–Kier alpha value is -3.81. The summed E-state index contributed by atoms with van der Waals surface area (Å²) in [6.07, 6.45) is 0.556. The minimum atomic E-state index is -1.09. The van der Waals surface area contributed by atoms with E-state index in [1.54, 1.807) is 24.4 Å². The number of nitro groups is 1. The number of esters is 1. The first-order valence-corrected chi connectivity index (χ1v) is 8.06. The standard InChI is InChI=1S/C19H15N3O5/c1-12(27-19(24)13-5-2-6-14(11-13)22(25)26)18(23)21-17-9-3-8-16-15(17)7-4-10-20-16/h2-12H,1H3,(H,21,23). The second kappa shape index (κ2) is 7.61. The minimum absolute atomic E-state index is 0.00166. The Kier molecular flexibility index (Phi) is 5.07. The third-order valence-electron chi connectivity index (χ3n) is 3.85. The van der Waals surface area contributed by atoms with Gasteiger partial charge in [-0.15, -0.1) is 0 Å². The van der Waals surface area contributed by atoms with Crippen molar-refractivity contribution in [3.8, 4) is 0 Å². The van der Waals surface area contributed by atoms with Crippen molar-refractivity contribution in [2.24, 2.45) is 0 Å². The van der Waals surface area contributed by atoms with Gasteiger partial charge in [-0.3, -0.25) is 19.9 Å². The Bertz CT molecular complexity index is 1030. The second-order valence-electron chi connectivity index (χ2n) is 5.72. The van der Waals surface area contributed by atoms with Crippen LogP contribution in [0.2, 0.25) is 0 Å². The lowest BCUT2D eigenvalue weighted by atomic mass is 10.1. The molecule has 1 heterocycles. The number of hydrogen-bond acceptors (Lipinski definition) is 6. The van der Waals surface area contributed by atoms with Crippen LogP contribution in [0.15, 0.2) is 60.8 Å². The molecule has 8 heteroatoms. The van der Waals surface area contributed by atoms with Crippen LogP contribution in [0.3, 0.4) is 0 Å². The van der Waals surface area contributed by atoms with Crippen molar-refractivity contribution in [1.29, 1.82) is 0 Å². The fourth-order valence-corrected chi connectivity index (χ4v) is 2.48. The molecule has 0 aliphatic heterocycles. The lowest BCUT2D eigenvalue weighted by Crippen LogP contribution is -2.30. The van der Waals surface area contributed by atoms with E-state index in [2.05, 4.69) is 10.3 Å². The fraction of sp³-hybridized carbons (Fsp3) is 0.105. The second-order valence-corrected chi connectivity index (χ2v) is 5.72. The largest absolute Gasteiger partial charge is 0.449 e. The lowest BCUT2D eigenvalue weighted by Gasteiger charge is -2.14. The van der Waals surface area contributed by atoms with Crippen molar-refractivity contribution in [1.82, 2.24) is 4.98 Å². The lowest BCUT2D eigenvalue weighted by molar-refractivity contribution is -0.384. The predicted octanol–water partition coefficient (Wildman–Crippen LogP) is 3.33. The van der Waals surface area contributed by atoms with Gasteiger partial charge in [-0.05, 0) is 37.3 Å². The zero-order valence-corrected chi connectivity index (χ0v) is 14.3. The van der Waals surface area contributed by atoms with Crippen molar-refractivity contribution in [3.63, 3.8) is 0 Å². The summed E-state index contributed by atoms with van der Waals surface area (Å²) in [5, 5.41) is 14.3. The number of nitrogens with one attached hydrogen (secondary N) is 1. The molecule has 27 heavy (non-hydrogen) atoms. The van der Waals surface area contributed by atoms with Crippen LogP contribution in [0, 0.1) is 10.1 Å². The van der Waals surface area contributed by atoms with Gasteiger partial charge in [0, 0.05) is 23.7 Å². The molecule has 8 nitrogen and oxygen atoms in total. The molecule has 0 bridgehead atoms. The highest BCUT2D eigenvalue weighted by Gasteiger charge is 2.21. The third-order valence-corrected chi connectivity index (χ3v) is 3.85. The van der Waals surface area contributed by atoms with Crippen LogP contribution in [0.25, 0.3) is 10.9 Å². The number of pyridine rings is 1. The van der Waals surface area contributed by atoms with Gasteiger partial charge in [-0.1, -0.05) is 12.1 Å². The maximum Gasteiger partial charge on any atom is 0.339 e. The molecule has 0 fully saturated rings. The van der Waals surface area contributed by atoms with Gasteiger partial charge in [-0.25, -0.2) is 4.79 Å². The van der Waals surface area contributed by atoms with Gasteiger partial charge >= 0.3 is 5.97 Å². The molecule has 0 aliphatic carbocycles. The molecule has 1 amide bonds. The Morgan fingerprint density at radius 2 is 1.93 bits per heavy atom. The quantitative estimate of drug-likeness (QED) is 0.422. The van der Waals surface area contributed by atoms with E-state index < -0.39 is 22.9 Å². The smallest absolute Gasteiger partial charge is 0.339 e. The van der Waals surface area contributed by atoms with E-state index in [-0.39, 0.29) is 11.3 Å². The fourth-order valence-electron chi connectivity index (χ4n) is 2.48. The summed E-state index contributed by atoms with van der Waals surface area (Å²) in [5.74, 6) is -1.34. The molecule has 1 unspecified atom stereocenters. The maximum absolute atomic E-state index is 12.4. The zero-order chi connectivity index (χ0) is 19.4. The molecular weight excluding hydrogens is 350 g/mol. The number of hydrogen-bond donors (Lipinski definition) is 1. The molecule has 0 aliphatic rings. The van der Waals surface area contributed by atoms with E-state index >= 15 is 0 Å². The van der Waals surface area contributed by atoms with Crippen molar-refractivity contribution in [3.05, 3.63) is 76.5 Å². The minimum Gasteiger partial charge on any atom is -0.449 e. The Morgan fingerprint density at radius 1 is 1.15 bits per heavy atom. The number of carbonyl (C=O) groups excluding carboxylic acids is 2. The van der Waals surface area contributed by atoms with Crippen LogP contribution >= 0.6 is 0 Å². The monoisotopic (exact) mass is 365 g/mol. The number of benzene rings is 2. The van der Waals surface area contributed by atoms with E-state index in [1.807, 2.05) is 12.1 Å². The highest BCUT2D eigenvalue weighted by molar-refractivity contribution is 6.03. The summed E-state index contributed by atoms with van der Waals surface area (Å²) in [6, 6.07) is 14.0. The molecule has 3 rings (SSSR count). The summed E-state index contributed by atoms with van der Waals surface area (Å²) in [6.45, 7) is 1.42. The number of aromatic nitrogens is 1. The number of non-ortho nitro benzene ring substituents is 1. The molecule has 136 valence electrons. The van der Waals surface area contributed by atoms with Gasteiger partial charge in [0.15, 0.2) is 6.10 Å². The first kappa shape index (κ1) is 18.0. The molecule has 0 saturated heterocycles. The molecule has 1 aromatic heterocycles. The van der Waals surface area contributed by atoms with Gasteiger partial charge in [0.1, 0.15) is 0 Å². The normalized spacial score (nSPS) is 11.6. The predicted molar refractivity (Wildman–Crippen MR) is 98.3 cm³/mol. The summed E-state index contributed by atoms with van der Waals surface area (Å²) in [7, 11) is 0. The summed E-state index contributed by atoms with van der Waals surface area (Å²) >= 11 is 0. The molecule has 0 saturated carbocycles. The molecule has 2 aromatic carbocycles. The number of amides is 1. The van der Waals surface area contributed by atoms with Crippen LogP contribution in [-0.4, -0.2) is 27.9 Å². The molecular formula is C19H15N3O5. The molecule has 0 spiro atoms. The maximum atomic E-state index is 12.4. The van der Waals surface area contributed by atoms with Crippen LogP contribution in [0.4, 0.5) is 11.4 Å². The molecule has 0 radical (unpaired) electrons. The van der Waals surface area contributed by atoms with Crippen molar-refractivity contribution in [2.75, 3.05) is 5.32 Å². The first-order valence-electron chi connectivity index (χ1n) is 8.06. The van der Waals surface area contributed by atoms with E-state index in [0.717, 1.165) is 17.0 Å². The van der Waals surface area contributed by atoms with Crippen LogP contribution < -0.4 is 5.32 Å². The molecule has 1 N–H and O–H groups in total. The summed E-state index contributed by atoms with van der Waals surface area (Å²) < 4.78 is 5.13. The number of rotatable bonds is 5. The Labute approximate surface area is 153 Å².